The first-order chi connectivity index (χ1) is 9.69. The highest BCUT2D eigenvalue weighted by atomic mass is 16.2. The van der Waals surface area contributed by atoms with Gasteiger partial charge < -0.3 is 10.2 Å². The largest absolute Gasteiger partial charge is 0.345 e. The molecule has 20 heavy (non-hydrogen) atoms. The van der Waals surface area contributed by atoms with Crippen LogP contribution in [0.2, 0.25) is 0 Å². The van der Waals surface area contributed by atoms with Crippen molar-refractivity contribution in [3.05, 3.63) is 35.9 Å². The molecular formula is C17H28N2O. The minimum absolute atomic E-state index is 0.156. The minimum Gasteiger partial charge on any atom is -0.345 e. The van der Waals surface area contributed by atoms with Gasteiger partial charge in [-0.3, -0.25) is 4.79 Å². The molecule has 112 valence electrons. The second-order valence-corrected chi connectivity index (χ2v) is 5.25. The van der Waals surface area contributed by atoms with Crippen LogP contribution < -0.4 is 5.32 Å². The van der Waals surface area contributed by atoms with Crippen molar-refractivity contribution in [3.8, 4) is 0 Å². The molecule has 0 saturated carbocycles. The van der Waals surface area contributed by atoms with E-state index in [1.54, 1.807) is 4.90 Å². The minimum atomic E-state index is 0.156. The predicted octanol–water partition coefficient (Wildman–Crippen LogP) is 3.38. The Bertz CT molecular complexity index is 378. The average Bonchev–Trinajstić information content (AvgIpc) is 2.50. The second kappa shape index (κ2) is 9.54. The van der Waals surface area contributed by atoms with E-state index in [1.807, 2.05) is 20.0 Å². The molecule has 0 aliphatic carbocycles. The first-order valence-corrected chi connectivity index (χ1v) is 7.71. The molecule has 0 fully saturated rings. The van der Waals surface area contributed by atoms with E-state index in [0.717, 1.165) is 13.0 Å². The van der Waals surface area contributed by atoms with Gasteiger partial charge in [-0.05, 0) is 18.9 Å². The fraction of sp³-hybridized carbons (Fsp3) is 0.588. The van der Waals surface area contributed by atoms with E-state index in [2.05, 4.69) is 36.5 Å². The third-order valence-corrected chi connectivity index (χ3v) is 3.70. The molecule has 3 heteroatoms. The van der Waals surface area contributed by atoms with Crippen LogP contribution in [0, 0.1) is 0 Å². The zero-order valence-electron chi connectivity index (χ0n) is 13.1. The molecule has 3 nitrogen and oxygen atoms in total. The number of nitrogens with zero attached hydrogens (tertiary/aromatic N) is 1. The molecule has 1 atom stereocenters. The van der Waals surface area contributed by atoms with Gasteiger partial charge in [-0.15, -0.1) is 0 Å². The van der Waals surface area contributed by atoms with E-state index in [9.17, 15) is 4.79 Å². The lowest BCUT2D eigenvalue weighted by Crippen LogP contribution is -2.37. The Balaban J connectivity index is 2.57. The highest BCUT2D eigenvalue weighted by Gasteiger charge is 2.13. The number of amides is 1. The first-order valence-electron chi connectivity index (χ1n) is 7.71. The number of carbonyl (C=O) groups excluding carboxylic acids is 1. The summed E-state index contributed by atoms with van der Waals surface area (Å²) in [6.45, 7) is 5.38. The standard InChI is InChI=1S/C17H28N2O/c1-4-6-8-13-16(15-11-9-7-10-12-15)18-14-17(20)19(3)5-2/h7,9-12,16,18H,4-6,8,13-14H2,1-3H3. The van der Waals surface area contributed by atoms with Gasteiger partial charge in [-0.1, -0.05) is 56.5 Å². The number of benzene rings is 1. The molecule has 1 N–H and O–H groups in total. The number of likely N-dealkylation sites (N-methyl/N-ethyl adjacent to an activating group) is 1. The van der Waals surface area contributed by atoms with Crippen molar-refractivity contribution < 1.29 is 4.79 Å². The Morgan fingerprint density at radius 2 is 1.90 bits per heavy atom. The van der Waals surface area contributed by atoms with Crippen LogP contribution in [0.3, 0.4) is 0 Å². The smallest absolute Gasteiger partial charge is 0.236 e. The van der Waals surface area contributed by atoms with Crippen molar-refractivity contribution in [2.45, 2.75) is 45.6 Å². The molecule has 0 bridgehead atoms. The Kier molecular flexibility index (Phi) is 7.97. The van der Waals surface area contributed by atoms with Gasteiger partial charge in [0.05, 0.1) is 6.54 Å². The molecule has 0 heterocycles. The van der Waals surface area contributed by atoms with E-state index >= 15 is 0 Å². The van der Waals surface area contributed by atoms with Crippen LogP contribution in [-0.2, 0) is 4.79 Å². The van der Waals surface area contributed by atoms with Crippen molar-refractivity contribution in [2.24, 2.45) is 0 Å². The lowest BCUT2D eigenvalue weighted by atomic mass is 10.0. The Morgan fingerprint density at radius 3 is 2.50 bits per heavy atom. The third-order valence-electron chi connectivity index (χ3n) is 3.70. The zero-order chi connectivity index (χ0) is 14.8. The fourth-order valence-corrected chi connectivity index (χ4v) is 2.19. The quantitative estimate of drug-likeness (QED) is 0.701. The zero-order valence-corrected chi connectivity index (χ0v) is 13.1. The van der Waals surface area contributed by atoms with E-state index in [-0.39, 0.29) is 11.9 Å². The summed E-state index contributed by atoms with van der Waals surface area (Å²) >= 11 is 0. The van der Waals surface area contributed by atoms with Crippen molar-refractivity contribution in [2.75, 3.05) is 20.1 Å². The van der Waals surface area contributed by atoms with Crippen LogP contribution in [0.1, 0.15) is 51.1 Å². The summed E-state index contributed by atoms with van der Waals surface area (Å²) in [6, 6.07) is 10.7. The molecule has 1 rings (SSSR count). The fourth-order valence-electron chi connectivity index (χ4n) is 2.19. The molecule has 0 aliphatic rings. The summed E-state index contributed by atoms with van der Waals surface area (Å²) in [5, 5.41) is 3.42. The number of carbonyl (C=O) groups is 1. The van der Waals surface area contributed by atoms with Crippen LogP contribution in [0.25, 0.3) is 0 Å². The van der Waals surface area contributed by atoms with Gasteiger partial charge in [0.25, 0.3) is 0 Å². The number of unbranched alkanes of at least 4 members (excludes halogenated alkanes) is 2. The topological polar surface area (TPSA) is 32.3 Å². The van der Waals surface area contributed by atoms with Crippen LogP contribution in [0.15, 0.2) is 30.3 Å². The second-order valence-electron chi connectivity index (χ2n) is 5.25. The summed E-state index contributed by atoms with van der Waals surface area (Å²) < 4.78 is 0. The predicted molar refractivity (Wildman–Crippen MR) is 84.6 cm³/mol. The highest BCUT2D eigenvalue weighted by Crippen LogP contribution is 2.19. The van der Waals surface area contributed by atoms with Crippen LogP contribution >= 0.6 is 0 Å². The molecular weight excluding hydrogens is 248 g/mol. The van der Waals surface area contributed by atoms with Crippen molar-refractivity contribution in [3.63, 3.8) is 0 Å². The molecule has 1 aromatic carbocycles. The summed E-state index contributed by atoms with van der Waals surface area (Å²) in [7, 11) is 1.85. The van der Waals surface area contributed by atoms with E-state index in [0.29, 0.717) is 6.54 Å². The van der Waals surface area contributed by atoms with Crippen LogP contribution in [0.5, 0.6) is 0 Å². The Morgan fingerprint density at radius 1 is 1.20 bits per heavy atom. The van der Waals surface area contributed by atoms with Crippen molar-refractivity contribution >= 4 is 5.91 Å². The molecule has 0 radical (unpaired) electrons. The molecule has 0 aromatic heterocycles. The van der Waals surface area contributed by atoms with E-state index in [1.165, 1.54) is 24.8 Å². The van der Waals surface area contributed by atoms with E-state index < -0.39 is 0 Å². The summed E-state index contributed by atoms with van der Waals surface area (Å²) in [5.74, 6) is 0.156. The van der Waals surface area contributed by atoms with Gasteiger partial charge in [0.15, 0.2) is 0 Å². The maximum absolute atomic E-state index is 11.9. The molecule has 1 unspecified atom stereocenters. The van der Waals surface area contributed by atoms with Gasteiger partial charge in [0.1, 0.15) is 0 Å². The molecule has 1 aromatic rings. The number of rotatable bonds is 9. The summed E-state index contributed by atoms with van der Waals surface area (Å²) in [4.78, 5) is 13.7. The molecule has 0 spiro atoms. The van der Waals surface area contributed by atoms with Crippen molar-refractivity contribution in [1.82, 2.24) is 10.2 Å². The first kappa shape index (κ1) is 16.7. The Labute approximate surface area is 123 Å². The lowest BCUT2D eigenvalue weighted by Gasteiger charge is -2.21. The summed E-state index contributed by atoms with van der Waals surface area (Å²) in [6.07, 6.45) is 4.74. The van der Waals surface area contributed by atoms with Crippen LogP contribution in [0.4, 0.5) is 0 Å². The van der Waals surface area contributed by atoms with Gasteiger partial charge in [-0.25, -0.2) is 0 Å². The SMILES string of the molecule is CCCCCC(NCC(=O)N(C)CC)c1ccccc1. The number of nitrogens with one attached hydrogen (secondary N) is 1. The van der Waals surface area contributed by atoms with Crippen molar-refractivity contribution in [1.29, 1.82) is 0 Å². The number of hydrogen-bond donors (Lipinski definition) is 1. The maximum atomic E-state index is 11.9. The average molecular weight is 276 g/mol. The van der Waals surface area contributed by atoms with Gasteiger partial charge in [-0.2, -0.15) is 0 Å². The third kappa shape index (κ3) is 5.74. The monoisotopic (exact) mass is 276 g/mol. The summed E-state index contributed by atoms with van der Waals surface area (Å²) in [5.41, 5.74) is 1.27. The normalized spacial score (nSPS) is 12.2. The molecule has 1 amide bonds. The molecule has 0 aliphatic heterocycles. The molecule has 0 saturated heterocycles. The Hall–Kier alpha value is -1.35. The van der Waals surface area contributed by atoms with E-state index in [4.69, 9.17) is 0 Å². The van der Waals surface area contributed by atoms with Gasteiger partial charge in [0.2, 0.25) is 5.91 Å². The van der Waals surface area contributed by atoms with Crippen LogP contribution in [-0.4, -0.2) is 30.9 Å². The maximum Gasteiger partial charge on any atom is 0.236 e. The van der Waals surface area contributed by atoms with Gasteiger partial charge >= 0.3 is 0 Å². The number of hydrogen-bond acceptors (Lipinski definition) is 2. The van der Waals surface area contributed by atoms with Gasteiger partial charge in [0, 0.05) is 19.6 Å². The lowest BCUT2D eigenvalue weighted by molar-refractivity contribution is -0.128. The highest BCUT2D eigenvalue weighted by molar-refractivity contribution is 5.77.